The second kappa shape index (κ2) is 12.7. The molecule has 7 nitrogen and oxygen atoms in total. The second-order valence-corrected chi connectivity index (χ2v) is 10.6. The first-order valence-electron chi connectivity index (χ1n) is 13.1. The summed E-state index contributed by atoms with van der Waals surface area (Å²) in [5.74, 6) is 1.56. The highest BCUT2D eigenvalue weighted by Gasteiger charge is 2.12. The molecule has 0 spiro atoms. The molecule has 0 aliphatic rings. The van der Waals surface area contributed by atoms with Crippen molar-refractivity contribution in [2.45, 2.75) is 34.0 Å². The lowest BCUT2D eigenvalue weighted by atomic mass is 10.1. The summed E-state index contributed by atoms with van der Waals surface area (Å²) in [7, 11) is 0. The van der Waals surface area contributed by atoms with Crippen LogP contribution in [0.3, 0.4) is 0 Å². The Labute approximate surface area is 247 Å². The van der Waals surface area contributed by atoms with Gasteiger partial charge in [-0.1, -0.05) is 45.8 Å². The van der Waals surface area contributed by atoms with Crippen molar-refractivity contribution in [3.8, 4) is 17.2 Å². The average Bonchev–Trinajstić information content (AvgIpc) is 3.58. The van der Waals surface area contributed by atoms with Crippen LogP contribution in [0.1, 0.15) is 44.4 Å². The fourth-order valence-electron chi connectivity index (χ4n) is 4.43. The van der Waals surface area contributed by atoms with Crippen LogP contribution in [-0.2, 0) is 13.2 Å². The van der Waals surface area contributed by atoms with E-state index in [1.807, 2.05) is 67.6 Å². The molecule has 2 aromatic heterocycles. The summed E-state index contributed by atoms with van der Waals surface area (Å²) < 4.78 is 20.6. The Morgan fingerprint density at radius 1 is 0.902 bits per heavy atom. The predicted molar refractivity (Wildman–Crippen MR) is 163 cm³/mol. The Kier molecular flexibility index (Phi) is 8.70. The lowest BCUT2D eigenvalue weighted by Gasteiger charge is -2.10. The Morgan fingerprint density at radius 2 is 1.68 bits per heavy atom. The Balaban J connectivity index is 1.15. The first kappa shape index (κ1) is 28.0. The van der Waals surface area contributed by atoms with Crippen LogP contribution >= 0.6 is 15.9 Å². The van der Waals surface area contributed by atoms with Gasteiger partial charge in [0.1, 0.15) is 30.5 Å². The zero-order chi connectivity index (χ0) is 28.8. The zero-order valence-electron chi connectivity index (χ0n) is 23.1. The molecule has 5 aromatic rings. The van der Waals surface area contributed by atoms with Crippen molar-refractivity contribution < 1.29 is 18.7 Å². The number of nitrogens with one attached hydrogen (secondary N) is 1. The SMILES string of the molecule is Cc1cccc(COc2ccc(Br)cc2/C=N/NC(=O)c2ccc(COc3ccc(-n4c(C)ccc4C)cc3)o2)c1. The maximum Gasteiger partial charge on any atom is 0.307 e. The van der Waals surface area contributed by atoms with Gasteiger partial charge >= 0.3 is 5.91 Å². The summed E-state index contributed by atoms with van der Waals surface area (Å²) in [5, 5.41) is 4.11. The molecular weight excluding hydrogens is 582 g/mol. The summed E-state index contributed by atoms with van der Waals surface area (Å²) in [4.78, 5) is 12.6. The number of hydrogen-bond acceptors (Lipinski definition) is 5. The fourth-order valence-corrected chi connectivity index (χ4v) is 4.81. The first-order chi connectivity index (χ1) is 19.9. The van der Waals surface area contributed by atoms with Crippen molar-refractivity contribution in [1.29, 1.82) is 0 Å². The van der Waals surface area contributed by atoms with Gasteiger partial charge in [0.05, 0.1) is 6.21 Å². The van der Waals surface area contributed by atoms with E-state index >= 15 is 0 Å². The molecule has 0 fully saturated rings. The quantitative estimate of drug-likeness (QED) is 0.130. The zero-order valence-corrected chi connectivity index (χ0v) is 24.6. The van der Waals surface area contributed by atoms with E-state index < -0.39 is 5.91 Å². The van der Waals surface area contributed by atoms with Gasteiger partial charge in [-0.3, -0.25) is 4.79 Å². The lowest BCUT2D eigenvalue weighted by Crippen LogP contribution is -2.16. The number of hydrogen-bond donors (Lipinski definition) is 1. The summed E-state index contributed by atoms with van der Waals surface area (Å²) in [5.41, 5.74) is 8.89. The molecule has 0 aliphatic carbocycles. The standard InChI is InChI=1S/C33H30BrN3O4/c1-22-5-4-6-25(17-22)20-40-31-15-9-27(34)18-26(31)19-35-36-33(38)32-16-14-30(41-32)21-39-29-12-10-28(11-13-29)37-23(2)7-8-24(37)3/h4-19H,20-21H2,1-3H3,(H,36,38)/b35-19+. The minimum absolute atomic E-state index is 0.139. The molecule has 0 unspecified atom stereocenters. The molecule has 8 heteroatoms. The van der Waals surface area contributed by atoms with E-state index in [1.54, 1.807) is 18.3 Å². The van der Waals surface area contributed by atoms with Gasteiger partial charge in [0.2, 0.25) is 0 Å². The molecule has 0 radical (unpaired) electrons. The third-order valence-corrected chi connectivity index (χ3v) is 6.94. The molecule has 3 aromatic carbocycles. The molecule has 0 saturated heterocycles. The van der Waals surface area contributed by atoms with Gasteiger partial charge < -0.3 is 18.5 Å². The maximum absolute atomic E-state index is 12.6. The van der Waals surface area contributed by atoms with Crippen LogP contribution in [-0.4, -0.2) is 16.7 Å². The molecule has 41 heavy (non-hydrogen) atoms. The summed E-state index contributed by atoms with van der Waals surface area (Å²) in [6.07, 6.45) is 1.54. The number of hydrazone groups is 1. The van der Waals surface area contributed by atoms with Crippen molar-refractivity contribution in [2.24, 2.45) is 5.10 Å². The van der Waals surface area contributed by atoms with Crippen LogP contribution in [0, 0.1) is 20.8 Å². The third-order valence-electron chi connectivity index (χ3n) is 6.45. The largest absolute Gasteiger partial charge is 0.488 e. The smallest absolute Gasteiger partial charge is 0.307 e. The molecule has 0 bridgehead atoms. The third kappa shape index (κ3) is 7.15. The number of amides is 1. The number of aromatic nitrogens is 1. The van der Waals surface area contributed by atoms with Crippen molar-refractivity contribution in [2.75, 3.05) is 0 Å². The average molecular weight is 613 g/mol. The number of rotatable bonds is 10. The van der Waals surface area contributed by atoms with Crippen LogP contribution in [0.2, 0.25) is 0 Å². The second-order valence-electron chi connectivity index (χ2n) is 9.66. The van der Waals surface area contributed by atoms with E-state index in [0.29, 0.717) is 29.4 Å². The minimum Gasteiger partial charge on any atom is -0.488 e. The Bertz CT molecular complexity index is 1670. The van der Waals surface area contributed by atoms with Crippen molar-refractivity contribution in [3.05, 3.63) is 135 Å². The van der Waals surface area contributed by atoms with E-state index in [1.165, 1.54) is 17.0 Å². The van der Waals surface area contributed by atoms with Crippen LogP contribution in [0.5, 0.6) is 11.5 Å². The Morgan fingerprint density at radius 3 is 2.44 bits per heavy atom. The number of furan rings is 1. The molecule has 0 saturated carbocycles. The molecule has 1 N–H and O–H groups in total. The van der Waals surface area contributed by atoms with Gasteiger partial charge in [0.25, 0.3) is 0 Å². The van der Waals surface area contributed by atoms with Crippen LogP contribution in [0.15, 0.2) is 105 Å². The molecule has 0 aliphatic heterocycles. The van der Waals surface area contributed by atoms with E-state index in [0.717, 1.165) is 15.7 Å². The number of carbonyl (C=O) groups is 1. The predicted octanol–water partition coefficient (Wildman–Crippen LogP) is 7.68. The Hall–Kier alpha value is -4.56. The first-order valence-corrected chi connectivity index (χ1v) is 13.9. The highest BCUT2D eigenvalue weighted by atomic mass is 79.9. The molecule has 2 heterocycles. The van der Waals surface area contributed by atoms with Gasteiger partial charge in [0.15, 0.2) is 5.76 Å². The number of nitrogens with zero attached hydrogens (tertiary/aromatic N) is 2. The van der Waals surface area contributed by atoms with E-state index in [9.17, 15) is 4.79 Å². The summed E-state index contributed by atoms with van der Waals surface area (Å²) in [6.45, 7) is 6.81. The van der Waals surface area contributed by atoms with Gasteiger partial charge in [-0.05, 0) is 93.1 Å². The van der Waals surface area contributed by atoms with Gasteiger partial charge in [-0.2, -0.15) is 5.10 Å². The number of halogens is 1. The minimum atomic E-state index is -0.466. The number of ether oxygens (including phenoxy) is 2. The lowest BCUT2D eigenvalue weighted by molar-refractivity contribution is 0.0923. The molecule has 208 valence electrons. The van der Waals surface area contributed by atoms with E-state index in [-0.39, 0.29) is 12.4 Å². The maximum atomic E-state index is 12.6. The normalized spacial score (nSPS) is 11.1. The van der Waals surface area contributed by atoms with E-state index in [2.05, 4.69) is 63.1 Å². The van der Waals surface area contributed by atoms with Crippen molar-refractivity contribution >= 4 is 28.1 Å². The molecular formula is C33H30BrN3O4. The molecule has 5 rings (SSSR count). The number of aryl methyl sites for hydroxylation is 3. The van der Waals surface area contributed by atoms with E-state index in [4.69, 9.17) is 13.9 Å². The number of carbonyl (C=O) groups excluding carboxylic acids is 1. The topological polar surface area (TPSA) is 78.0 Å². The molecule has 0 atom stereocenters. The van der Waals surface area contributed by atoms with Crippen LogP contribution < -0.4 is 14.9 Å². The highest BCUT2D eigenvalue weighted by Crippen LogP contribution is 2.24. The van der Waals surface area contributed by atoms with Gasteiger partial charge in [-0.15, -0.1) is 0 Å². The highest BCUT2D eigenvalue weighted by molar-refractivity contribution is 9.10. The van der Waals surface area contributed by atoms with Crippen LogP contribution in [0.25, 0.3) is 5.69 Å². The van der Waals surface area contributed by atoms with Crippen molar-refractivity contribution in [3.63, 3.8) is 0 Å². The summed E-state index contributed by atoms with van der Waals surface area (Å²) >= 11 is 3.48. The number of benzene rings is 3. The van der Waals surface area contributed by atoms with Crippen molar-refractivity contribution in [1.82, 2.24) is 9.99 Å². The monoisotopic (exact) mass is 611 g/mol. The fraction of sp³-hybridized carbons (Fsp3) is 0.152. The summed E-state index contributed by atoms with van der Waals surface area (Å²) in [6, 6.07) is 29.1. The van der Waals surface area contributed by atoms with Crippen LogP contribution in [0.4, 0.5) is 0 Å². The van der Waals surface area contributed by atoms with Gasteiger partial charge in [-0.25, -0.2) is 5.43 Å². The molecule has 1 amide bonds. The van der Waals surface area contributed by atoms with Gasteiger partial charge in [0, 0.05) is 27.1 Å².